The number of aromatic hydroxyl groups is 6. The van der Waals surface area contributed by atoms with Crippen molar-refractivity contribution in [2.75, 3.05) is 0 Å². The van der Waals surface area contributed by atoms with Crippen LogP contribution in [0, 0.1) is 41.5 Å². The third-order valence-electron chi connectivity index (χ3n) is 6.12. The maximum atomic E-state index is 10.9. The summed E-state index contributed by atoms with van der Waals surface area (Å²) < 4.78 is 0. The van der Waals surface area contributed by atoms with Crippen molar-refractivity contribution in [3.8, 4) is 34.5 Å². The van der Waals surface area contributed by atoms with Gasteiger partial charge in [-0.15, -0.1) is 0 Å². The van der Waals surface area contributed by atoms with Gasteiger partial charge in [0.25, 0.3) is 0 Å². The summed E-state index contributed by atoms with van der Waals surface area (Å²) >= 11 is 0. The average Bonchev–Trinajstić information content (AvgIpc) is 2.74. The van der Waals surface area contributed by atoms with Crippen molar-refractivity contribution in [3.63, 3.8) is 0 Å². The first-order valence-corrected chi connectivity index (χ1v) is 9.94. The van der Waals surface area contributed by atoms with E-state index in [1.54, 1.807) is 59.7 Å². The average molecular weight is 424 g/mol. The Labute approximate surface area is 181 Å². The molecule has 0 aliphatic heterocycles. The summed E-state index contributed by atoms with van der Waals surface area (Å²) in [5, 5.41) is 63.6. The number of phenols is 6. The first-order chi connectivity index (χ1) is 14.4. The van der Waals surface area contributed by atoms with E-state index in [9.17, 15) is 30.6 Å². The van der Waals surface area contributed by atoms with E-state index in [0.717, 1.165) is 0 Å². The highest BCUT2D eigenvalue weighted by molar-refractivity contribution is 5.66. The molecule has 0 bridgehead atoms. The highest BCUT2D eigenvalue weighted by Gasteiger charge is 2.30. The zero-order valence-electron chi connectivity index (χ0n) is 18.5. The normalized spacial score (nSPS) is 11.3. The van der Waals surface area contributed by atoms with Crippen LogP contribution in [0.25, 0.3) is 0 Å². The maximum Gasteiger partial charge on any atom is 0.126 e. The van der Waals surface area contributed by atoms with Crippen molar-refractivity contribution in [2.45, 2.75) is 47.5 Å². The lowest BCUT2D eigenvalue weighted by molar-refractivity contribution is 0.424. The van der Waals surface area contributed by atoms with E-state index >= 15 is 0 Å². The summed E-state index contributed by atoms with van der Waals surface area (Å²) in [5.41, 5.74) is 3.50. The number of hydrogen-bond acceptors (Lipinski definition) is 6. The second kappa shape index (κ2) is 7.61. The van der Waals surface area contributed by atoms with E-state index < -0.39 is 5.92 Å². The highest BCUT2D eigenvalue weighted by atomic mass is 16.3. The van der Waals surface area contributed by atoms with Crippen LogP contribution in [0.3, 0.4) is 0 Å². The molecule has 0 aliphatic carbocycles. The summed E-state index contributed by atoms with van der Waals surface area (Å²) in [6.45, 7) is 9.84. The molecule has 31 heavy (non-hydrogen) atoms. The Morgan fingerprint density at radius 3 is 0.871 bits per heavy atom. The molecule has 6 nitrogen and oxygen atoms in total. The second-order valence-corrected chi connectivity index (χ2v) is 8.25. The van der Waals surface area contributed by atoms with Crippen molar-refractivity contribution < 1.29 is 30.6 Å². The SMILES string of the molecule is Cc1cc(C(c2cc(C)c(O)c(C)c2O)c2cc(C)c(O)c(C)c2O)c(O)c(C)c1O. The van der Waals surface area contributed by atoms with Crippen LogP contribution < -0.4 is 0 Å². The Morgan fingerprint density at radius 2 is 0.645 bits per heavy atom. The van der Waals surface area contributed by atoms with Crippen molar-refractivity contribution >= 4 is 0 Å². The quantitative estimate of drug-likeness (QED) is 0.331. The molecule has 0 saturated carbocycles. The standard InChI is InChI=1S/C25H28O6/c1-10-7-16(23(29)13(4)20(10)26)19(17-8-11(2)21(27)14(5)24(17)30)18-9-12(3)22(28)15(6)25(18)31/h7-9,19,26-31H,1-6H3. The molecule has 164 valence electrons. The fourth-order valence-electron chi connectivity index (χ4n) is 4.15. The topological polar surface area (TPSA) is 121 Å². The minimum atomic E-state index is -0.839. The van der Waals surface area contributed by atoms with Gasteiger partial charge in [-0.25, -0.2) is 0 Å². The van der Waals surface area contributed by atoms with Gasteiger partial charge in [-0.2, -0.15) is 0 Å². The van der Waals surface area contributed by atoms with E-state index in [-0.39, 0.29) is 51.2 Å². The van der Waals surface area contributed by atoms with Crippen molar-refractivity contribution in [1.29, 1.82) is 0 Å². The second-order valence-electron chi connectivity index (χ2n) is 8.25. The molecular formula is C25H28O6. The maximum absolute atomic E-state index is 10.9. The Hall–Kier alpha value is -3.54. The van der Waals surface area contributed by atoms with Gasteiger partial charge in [0.1, 0.15) is 34.5 Å². The summed E-state index contributed by atoms with van der Waals surface area (Å²) in [7, 11) is 0. The highest BCUT2D eigenvalue weighted by Crippen LogP contribution is 2.50. The van der Waals surface area contributed by atoms with Crippen LogP contribution >= 0.6 is 0 Å². The van der Waals surface area contributed by atoms with Crippen molar-refractivity contribution in [2.24, 2.45) is 0 Å². The van der Waals surface area contributed by atoms with Crippen LogP contribution in [-0.2, 0) is 0 Å². The minimum absolute atomic E-state index is 0.0374. The molecule has 0 amide bonds. The lowest BCUT2D eigenvalue weighted by atomic mass is 9.79. The molecule has 0 spiro atoms. The Kier molecular flexibility index (Phi) is 5.44. The monoisotopic (exact) mass is 424 g/mol. The van der Waals surface area contributed by atoms with Gasteiger partial charge in [0.15, 0.2) is 0 Å². The number of aryl methyl sites for hydroxylation is 3. The third kappa shape index (κ3) is 3.38. The van der Waals surface area contributed by atoms with Gasteiger partial charge in [-0.05, 0) is 76.4 Å². The van der Waals surface area contributed by atoms with Crippen LogP contribution in [-0.4, -0.2) is 30.6 Å². The van der Waals surface area contributed by atoms with Crippen LogP contribution in [0.1, 0.15) is 56.0 Å². The summed E-state index contributed by atoms with van der Waals surface area (Å²) in [6.07, 6.45) is 0. The Morgan fingerprint density at radius 1 is 0.419 bits per heavy atom. The van der Waals surface area contributed by atoms with Crippen molar-refractivity contribution in [3.05, 3.63) is 68.3 Å². The Bertz CT molecular complexity index is 1060. The zero-order chi connectivity index (χ0) is 23.4. The van der Waals surface area contributed by atoms with E-state index in [0.29, 0.717) is 33.4 Å². The molecule has 3 aromatic carbocycles. The summed E-state index contributed by atoms with van der Waals surface area (Å²) in [5.74, 6) is -1.45. The molecule has 0 aliphatic rings. The van der Waals surface area contributed by atoms with Gasteiger partial charge in [0.2, 0.25) is 0 Å². The Balaban J connectivity index is 2.50. The van der Waals surface area contributed by atoms with E-state index in [1.165, 1.54) is 0 Å². The predicted octanol–water partition coefficient (Wildman–Crippen LogP) is 4.95. The summed E-state index contributed by atoms with van der Waals surface area (Å²) in [4.78, 5) is 0. The molecule has 0 atom stereocenters. The number of hydrogen-bond donors (Lipinski definition) is 6. The lowest BCUT2D eigenvalue weighted by Crippen LogP contribution is -2.08. The molecule has 3 aromatic rings. The third-order valence-corrected chi connectivity index (χ3v) is 6.12. The van der Waals surface area contributed by atoms with Gasteiger partial charge in [0, 0.05) is 39.3 Å². The molecule has 0 saturated heterocycles. The number of rotatable bonds is 3. The molecule has 6 heteroatoms. The van der Waals surface area contributed by atoms with E-state index in [4.69, 9.17) is 0 Å². The van der Waals surface area contributed by atoms with Crippen molar-refractivity contribution in [1.82, 2.24) is 0 Å². The van der Waals surface area contributed by atoms with Crippen LogP contribution in [0.2, 0.25) is 0 Å². The van der Waals surface area contributed by atoms with Gasteiger partial charge >= 0.3 is 0 Å². The zero-order valence-corrected chi connectivity index (χ0v) is 18.5. The molecule has 0 fully saturated rings. The van der Waals surface area contributed by atoms with Crippen LogP contribution in [0.15, 0.2) is 18.2 Å². The molecular weight excluding hydrogens is 396 g/mol. The smallest absolute Gasteiger partial charge is 0.126 e. The first kappa shape index (κ1) is 22.2. The molecule has 3 rings (SSSR count). The molecule has 0 aromatic heterocycles. The largest absolute Gasteiger partial charge is 0.507 e. The molecule has 6 N–H and O–H groups in total. The summed E-state index contributed by atoms with van der Waals surface area (Å²) in [6, 6.07) is 4.82. The van der Waals surface area contributed by atoms with Gasteiger partial charge in [-0.1, -0.05) is 0 Å². The minimum Gasteiger partial charge on any atom is -0.507 e. The van der Waals surface area contributed by atoms with Gasteiger partial charge in [-0.3, -0.25) is 0 Å². The van der Waals surface area contributed by atoms with Crippen LogP contribution in [0.4, 0.5) is 0 Å². The van der Waals surface area contributed by atoms with Gasteiger partial charge < -0.3 is 30.6 Å². The fourth-order valence-corrected chi connectivity index (χ4v) is 4.15. The van der Waals surface area contributed by atoms with Crippen LogP contribution in [0.5, 0.6) is 34.5 Å². The number of phenolic OH excluding ortho intramolecular Hbond substituents is 6. The molecule has 0 radical (unpaired) electrons. The first-order valence-electron chi connectivity index (χ1n) is 9.94. The lowest BCUT2D eigenvalue weighted by Gasteiger charge is -2.26. The number of benzene rings is 3. The van der Waals surface area contributed by atoms with E-state index in [1.807, 2.05) is 0 Å². The van der Waals surface area contributed by atoms with E-state index in [2.05, 4.69) is 0 Å². The van der Waals surface area contributed by atoms with Gasteiger partial charge in [0.05, 0.1) is 0 Å². The predicted molar refractivity (Wildman–Crippen MR) is 119 cm³/mol. The molecule has 0 unspecified atom stereocenters. The fraction of sp³-hybridized carbons (Fsp3) is 0.280. The molecule has 0 heterocycles.